The number of nitrogens with zero attached hydrogens (tertiary/aromatic N) is 1. The molecule has 48 heavy (non-hydrogen) atoms. The Balaban J connectivity index is 1.17. The fourth-order valence-electron chi connectivity index (χ4n) is 5.17. The van der Waals surface area contributed by atoms with E-state index in [1.807, 2.05) is 60.7 Å². The number of hydrogen-bond donors (Lipinski definition) is 4. The first-order chi connectivity index (χ1) is 23.4. The van der Waals surface area contributed by atoms with E-state index in [-0.39, 0.29) is 44.7 Å². The van der Waals surface area contributed by atoms with Gasteiger partial charge in [-0.3, -0.25) is 15.6 Å². The Morgan fingerprint density at radius 2 is 1.12 bits per heavy atom. The van der Waals surface area contributed by atoms with Crippen molar-refractivity contribution in [3.8, 4) is 11.1 Å². The highest BCUT2D eigenvalue weighted by Gasteiger charge is 2.29. The van der Waals surface area contributed by atoms with Gasteiger partial charge in [-0.15, -0.1) is 0 Å². The average molecular weight is 651 g/mol. The summed E-state index contributed by atoms with van der Waals surface area (Å²) < 4.78 is 15.9. The number of ether oxygens (including phenoxy) is 3. The largest absolute Gasteiger partial charge is 0.480 e. The zero-order valence-electron chi connectivity index (χ0n) is 25.8. The number of carbonyl (C=O) groups is 4. The number of carboxylic acid groups (broad SMARTS) is 1. The first-order valence-corrected chi connectivity index (χ1v) is 15.2. The number of guanidine groups is 1. The highest BCUT2D eigenvalue weighted by atomic mass is 16.6. The number of carboxylic acids is 1. The third-order valence-electron chi connectivity index (χ3n) is 7.49. The van der Waals surface area contributed by atoms with Crippen LogP contribution in [0.15, 0.2) is 114 Å². The average Bonchev–Trinajstić information content (AvgIpc) is 3.42. The monoisotopic (exact) mass is 650 g/mol. The molecule has 12 heteroatoms. The van der Waals surface area contributed by atoms with Crippen molar-refractivity contribution in [1.82, 2.24) is 16.0 Å². The normalized spacial score (nSPS) is 12.0. The van der Waals surface area contributed by atoms with Crippen molar-refractivity contribution in [3.05, 3.63) is 131 Å². The van der Waals surface area contributed by atoms with Gasteiger partial charge in [-0.2, -0.15) is 0 Å². The molecule has 5 rings (SSSR count). The predicted molar refractivity (Wildman–Crippen MR) is 176 cm³/mol. The van der Waals surface area contributed by atoms with Gasteiger partial charge in [0.05, 0.1) is 0 Å². The number of benzene rings is 4. The summed E-state index contributed by atoms with van der Waals surface area (Å²) in [7, 11) is 0. The third kappa shape index (κ3) is 9.19. The van der Waals surface area contributed by atoms with Gasteiger partial charge in [-0.25, -0.2) is 19.2 Å². The van der Waals surface area contributed by atoms with E-state index in [1.54, 1.807) is 48.5 Å². The van der Waals surface area contributed by atoms with Gasteiger partial charge in [0, 0.05) is 12.5 Å². The lowest BCUT2D eigenvalue weighted by molar-refractivity contribution is -0.139. The number of carbonyl (C=O) groups excluding carboxylic acids is 3. The molecule has 246 valence electrons. The van der Waals surface area contributed by atoms with E-state index in [4.69, 9.17) is 14.2 Å². The summed E-state index contributed by atoms with van der Waals surface area (Å²) in [5.74, 6) is -1.83. The summed E-state index contributed by atoms with van der Waals surface area (Å²) >= 11 is 0. The molecule has 1 aliphatic carbocycles. The fraction of sp³-hybridized carbons (Fsp3) is 0.194. The topological polar surface area (TPSA) is 165 Å². The molecular formula is C36H34N4O8. The van der Waals surface area contributed by atoms with Gasteiger partial charge in [-0.05, 0) is 39.8 Å². The van der Waals surface area contributed by atoms with Crippen LogP contribution < -0.4 is 16.0 Å². The van der Waals surface area contributed by atoms with Crippen LogP contribution in [0.3, 0.4) is 0 Å². The quantitative estimate of drug-likeness (QED) is 0.0929. The molecule has 0 bridgehead atoms. The van der Waals surface area contributed by atoms with Crippen LogP contribution >= 0.6 is 0 Å². The van der Waals surface area contributed by atoms with Crippen molar-refractivity contribution < 1.29 is 38.5 Å². The van der Waals surface area contributed by atoms with Crippen molar-refractivity contribution in [1.29, 1.82) is 0 Å². The summed E-state index contributed by atoms with van der Waals surface area (Å²) in [6.07, 6.45) is -2.91. The summed E-state index contributed by atoms with van der Waals surface area (Å²) in [5.41, 5.74) is 5.65. The van der Waals surface area contributed by atoms with Gasteiger partial charge in [0.25, 0.3) is 0 Å². The highest BCUT2D eigenvalue weighted by molar-refractivity contribution is 6.01. The summed E-state index contributed by atoms with van der Waals surface area (Å²) in [6, 6.07) is 32.3. The number of nitrogens with one attached hydrogen (secondary N) is 3. The van der Waals surface area contributed by atoms with E-state index in [1.165, 1.54) is 0 Å². The molecule has 0 aromatic heterocycles. The van der Waals surface area contributed by atoms with Crippen LogP contribution in [-0.4, -0.2) is 54.5 Å². The molecule has 0 radical (unpaired) electrons. The Morgan fingerprint density at radius 3 is 1.62 bits per heavy atom. The van der Waals surface area contributed by atoms with Gasteiger partial charge in [0.2, 0.25) is 5.96 Å². The van der Waals surface area contributed by atoms with Gasteiger partial charge in [0.1, 0.15) is 25.9 Å². The molecule has 0 fully saturated rings. The molecule has 0 saturated heterocycles. The Kier molecular flexibility index (Phi) is 11.3. The molecule has 4 N–H and O–H groups in total. The predicted octanol–water partition coefficient (Wildman–Crippen LogP) is 5.58. The van der Waals surface area contributed by atoms with Crippen LogP contribution in [0.5, 0.6) is 0 Å². The third-order valence-corrected chi connectivity index (χ3v) is 7.49. The molecule has 0 aliphatic heterocycles. The lowest BCUT2D eigenvalue weighted by atomic mass is 9.98. The Morgan fingerprint density at radius 1 is 0.646 bits per heavy atom. The molecule has 4 aromatic carbocycles. The Labute approximate surface area is 276 Å². The SMILES string of the molecule is O=C(NC(=NCC[C@H](NC(=O)OCC1c2ccccc2-c2ccccc21)C(=O)O)NC(=O)OCc1ccccc1)OCc1ccccc1. The van der Waals surface area contributed by atoms with E-state index in [0.29, 0.717) is 0 Å². The lowest BCUT2D eigenvalue weighted by Gasteiger charge is -2.17. The molecule has 12 nitrogen and oxygen atoms in total. The molecule has 0 unspecified atom stereocenters. The number of aliphatic carboxylic acids is 1. The molecular weight excluding hydrogens is 616 g/mol. The molecule has 3 amide bonds. The maximum Gasteiger partial charge on any atom is 0.414 e. The van der Waals surface area contributed by atoms with Crippen molar-refractivity contribution in [2.45, 2.75) is 31.6 Å². The van der Waals surface area contributed by atoms with E-state index in [9.17, 15) is 24.3 Å². The van der Waals surface area contributed by atoms with E-state index >= 15 is 0 Å². The maximum atomic E-state index is 12.7. The Hall–Kier alpha value is -6.17. The van der Waals surface area contributed by atoms with Crippen molar-refractivity contribution in [2.75, 3.05) is 13.2 Å². The summed E-state index contributed by atoms with van der Waals surface area (Å²) in [5, 5.41) is 16.8. The van der Waals surface area contributed by atoms with Crippen molar-refractivity contribution >= 4 is 30.2 Å². The maximum absolute atomic E-state index is 12.7. The van der Waals surface area contributed by atoms with Crippen LogP contribution in [0, 0.1) is 0 Å². The molecule has 1 aliphatic rings. The molecule has 0 heterocycles. The minimum atomic E-state index is -1.37. The van der Waals surface area contributed by atoms with Crippen molar-refractivity contribution in [2.24, 2.45) is 4.99 Å². The van der Waals surface area contributed by atoms with Crippen LogP contribution in [0.1, 0.15) is 34.6 Å². The van der Waals surface area contributed by atoms with Crippen LogP contribution in [0.25, 0.3) is 11.1 Å². The highest BCUT2D eigenvalue weighted by Crippen LogP contribution is 2.44. The smallest absolute Gasteiger partial charge is 0.414 e. The van der Waals surface area contributed by atoms with Gasteiger partial charge in [-0.1, -0.05) is 109 Å². The minimum absolute atomic E-state index is 0.0124. The summed E-state index contributed by atoms with van der Waals surface area (Å²) in [4.78, 5) is 53.9. The number of fused-ring (bicyclic) bond motifs is 3. The van der Waals surface area contributed by atoms with E-state index in [0.717, 1.165) is 33.4 Å². The molecule has 0 saturated carbocycles. The second kappa shape index (κ2) is 16.4. The molecule has 0 spiro atoms. The first kappa shape index (κ1) is 33.2. The van der Waals surface area contributed by atoms with Gasteiger partial charge in [0.15, 0.2) is 0 Å². The number of hydrogen-bond acceptors (Lipinski definition) is 8. The zero-order valence-corrected chi connectivity index (χ0v) is 25.8. The number of rotatable bonds is 11. The van der Waals surface area contributed by atoms with Crippen LogP contribution in [0.2, 0.25) is 0 Å². The second-order valence-corrected chi connectivity index (χ2v) is 10.8. The van der Waals surface area contributed by atoms with E-state index in [2.05, 4.69) is 20.9 Å². The van der Waals surface area contributed by atoms with Crippen molar-refractivity contribution in [3.63, 3.8) is 0 Å². The summed E-state index contributed by atoms with van der Waals surface area (Å²) in [6.45, 7) is -0.278. The number of aliphatic imine (C=N–C) groups is 1. The molecule has 1 atom stereocenters. The zero-order chi connectivity index (χ0) is 33.7. The standard InChI is InChI=1S/C36H34N4O8/c41-32(42)31(38-34(43)48-23-30-28-17-9-7-15-26(28)27-16-8-10-18-29(27)30)19-20-37-33(39-35(44)46-21-24-11-3-1-4-12-24)40-36(45)47-22-25-13-5-2-6-14-25/h1-18,30-31H,19-23H2,(H,38,43)(H,41,42)(H2,37,39,40,44,45)/t31-/m0/s1. The van der Waals surface area contributed by atoms with Gasteiger partial charge >= 0.3 is 24.2 Å². The minimum Gasteiger partial charge on any atom is -0.480 e. The Bertz CT molecular complexity index is 1660. The number of amides is 3. The first-order valence-electron chi connectivity index (χ1n) is 15.2. The van der Waals surface area contributed by atoms with Crippen LogP contribution in [0.4, 0.5) is 14.4 Å². The van der Waals surface area contributed by atoms with Crippen LogP contribution in [-0.2, 0) is 32.2 Å². The van der Waals surface area contributed by atoms with Gasteiger partial charge < -0.3 is 24.6 Å². The number of alkyl carbamates (subject to hydrolysis) is 3. The molecule has 4 aromatic rings. The lowest BCUT2D eigenvalue weighted by Crippen LogP contribution is -2.45. The fourth-order valence-corrected chi connectivity index (χ4v) is 5.17. The second-order valence-electron chi connectivity index (χ2n) is 10.8. The van der Waals surface area contributed by atoms with E-state index < -0.39 is 30.3 Å².